The van der Waals surface area contributed by atoms with E-state index in [4.69, 9.17) is 0 Å². The van der Waals surface area contributed by atoms with E-state index in [-0.39, 0.29) is 28.7 Å². The van der Waals surface area contributed by atoms with Crippen molar-refractivity contribution in [3.63, 3.8) is 0 Å². The molecule has 0 fully saturated rings. The maximum Gasteiger partial charge on any atom is 0.573 e. The van der Waals surface area contributed by atoms with Crippen LogP contribution in [0, 0.1) is 0 Å². The van der Waals surface area contributed by atoms with Crippen molar-refractivity contribution in [2.24, 2.45) is 4.99 Å². The van der Waals surface area contributed by atoms with Crippen LogP contribution >= 0.6 is 0 Å². The van der Waals surface area contributed by atoms with Gasteiger partial charge < -0.3 is 15.0 Å². The molecule has 3 heterocycles. The normalized spacial score (nSPS) is 12.5. The molecule has 2 aromatic heterocycles. The SMILES string of the molecule is O=C(NCc1ccccn1)c1cc(=O)c2cc(OC(F)(F)F)cc(-c3cccc4c3C=NC4)c2[nH]1. The van der Waals surface area contributed by atoms with E-state index in [1.807, 2.05) is 6.07 Å². The number of alkyl halides is 3. The van der Waals surface area contributed by atoms with E-state index < -0.39 is 23.4 Å². The van der Waals surface area contributed by atoms with Crippen LogP contribution in [0.25, 0.3) is 22.0 Å². The minimum Gasteiger partial charge on any atom is -0.406 e. The molecule has 0 aliphatic carbocycles. The van der Waals surface area contributed by atoms with Crippen molar-refractivity contribution in [2.75, 3.05) is 0 Å². The van der Waals surface area contributed by atoms with Gasteiger partial charge in [-0.3, -0.25) is 19.6 Å². The van der Waals surface area contributed by atoms with E-state index in [2.05, 4.69) is 25.0 Å². The van der Waals surface area contributed by atoms with Crippen LogP contribution in [0.1, 0.15) is 27.3 Å². The van der Waals surface area contributed by atoms with E-state index in [9.17, 15) is 22.8 Å². The van der Waals surface area contributed by atoms with Crippen LogP contribution in [0.4, 0.5) is 13.2 Å². The molecule has 35 heavy (non-hydrogen) atoms. The summed E-state index contributed by atoms with van der Waals surface area (Å²) in [5.41, 5.74) is 2.63. The highest BCUT2D eigenvalue weighted by atomic mass is 19.4. The number of fused-ring (bicyclic) bond motifs is 2. The number of carbonyl (C=O) groups excluding carboxylic acids is 1. The lowest BCUT2D eigenvalue weighted by Gasteiger charge is -2.15. The molecule has 7 nitrogen and oxygen atoms in total. The summed E-state index contributed by atoms with van der Waals surface area (Å²) in [6, 6.07) is 13.9. The number of H-pyrrole nitrogens is 1. The molecule has 1 aliphatic rings. The third-order valence-electron chi connectivity index (χ3n) is 5.52. The lowest BCUT2D eigenvalue weighted by molar-refractivity contribution is -0.274. The highest BCUT2D eigenvalue weighted by Crippen LogP contribution is 2.36. The Morgan fingerprint density at radius 2 is 1.94 bits per heavy atom. The van der Waals surface area contributed by atoms with Crippen LogP contribution in [0.5, 0.6) is 5.75 Å². The van der Waals surface area contributed by atoms with Crippen LogP contribution in [-0.4, -0.2) is 28.5 Å². The van der Waals surface area contributed by atoms with Crippen molar-refractivity contribution < 1.29 is 22.7 Å². The number of nitrogens with zero attached hydrogens (tertiary/aromatic N) is 2. The van der Waals surface area contributed by atoms with E-state index >= 15 is 0 Å². The molecule has 0 radical (unpaired) electrons. The van der Waals surface area contributed by atoms with Gasteiger partial charge in [-0.25, -0.2) is 0 Å². The number of carbonyl (C=O) groups is 1. The second kappa shape index (κ2) is 8.71. The molecule has 0 bridgehead atoms. The van der Waals surface area contributed by atoms with E-state index in [0.29, 0.717) is 17.8 Å². The van der Waals surface area contributed by atoms with Gasteiger partial charge in [0, 0.05) is 35.0 Å². The van der Waals surface area contributed by atoms with Gasteiger partial charge in [0.25, 0.3) is 5.91 Å². The summed E-state index contributed by atoms with van der Waals surface area (Å²) in [6.07, 6.45) is -1.72. The van der Waals surface area contributed by atoms with E-state index in [1.165, 1.54) is 6.07 Å². The summed E-state index contributed by atoms with van der Waals surface area (Å²) >= 11 is 0. The Hall–Kier alpha value is -4.47. The van der Waals surface area contributed by atoms with Gasteiger partial charge in [-0.05, 0) is 35.4 Å². The second-order valence-corrected chi connectivity index (χ2v) is 7.84. The largest absolute Gasteiger partial charge is 0.573 e. The lowest BCUT2D eigenvalue weighted by atomic mass is 9.94. The predicted octanol–water partition coefficient (Wildman–Crippen LogP) is 4.35. The standard InChI is InChI=1S/C25H17F3N4O3/c26-25(27,28)35-16-8-18(17-6-3-4-14-11-29-13-20(14)17)23-19(9-16)22(33)10-21(32-23)24(34)31-12-15-5-1-2-7-30-15/h1-10,13H,11-12H2,(H,31,34)(H,32,33). The van der Waals surface area contributed by atoms with Crippen molar-refractivity contribution in [1.29, 1.82) is 0 Å². The Morgan fingerprint density at radius 3 is 2.71 bits per heavy atom. The zero-order chi connectivity index (χ0) is 24.6. The summed E-state index contributed by atoms with van der Waals surface area (Å²) in [7, 11) is 0. The van der Waals surface area contributed by atoms with Crippen LogP contribution in [0.3, 0.4) is 0 Å². The maximum absolute atomic E-state index is 13.0. The van der Waals surface area contributed by atoms with Gasteiger partial charge in [0.05, 0.1) is 24.3 Å². The highest BCUT2D eigenvalue weighted by molar-refractivity contribution is 6.03. The average molecular weight is 478 g/mol. The zero-order valence-corrected chi connectivity index (χ0v) is 18.0. The summed E-state index contributed by atoms with van der Waals surface area (Å²) < 4.78 is 43.1. The number of hydrogen-bond acceptors (Lipinski definition) is 5. The first kappa shape index (κ1) is 22.3. The molecular formula is C25H17F3N4O3. The van der Waals surface area contributed by atoms with Crippen LogP contribution < -0.4 is 15.5 Å². The Kier molecular flexibility index (Phi) is 5.56. The van der Waals surface area contributed by atoms with Gasteiger partial charge in [-0.15, -0.1) is 13.2 Å². The molecule has 2 aromatic carbocycles. The Morgan fingerprint density at radius 1 is 1.09 bits per heavy atom. The van der Waals surface area contributed by atoms with E-state index in [1.54, 1.807) is 42.7 Å². The van der Waals surface area contributed by atoms with Gasteiger partial charge in [0.2, 0.25) is 0 Å². The number of hydrogen-bond donors (Lipinski definition) is 2. The first-order valence-electron chi connectivity index (χ1n) is 10.6. The predicted molar refractivity (Wildman–Crippen MR) is 123 cm³/mol. The minimum atomic E-state index is -4.94. The minimum absolute atomic E-state index is 0.0367. The summed E-state index contributed by atoms with van der Waals surface area (Å²) in [4.78, 5) is 37.0. The van der Waals surface area contributed by atoms with Gasteiger partial charge in [0.15, 0.2) is 5.43 Å². The fraction of sp³-hybridized carbons (Fsp3) is 0.120. The molecule has 1 amide bonds. The molecule has 0 saturated heterocycles. The van der Waals surface area contributed by atoms with E-state index in [0.717, 1.165) is 23.3 Å². The monoisotopic (exact) mass is 478 g/mol. The Labute approximate surface area is 196 Å². The number of aromatic nitrogens is 2. The summed E-state index contributed by atoms with van der Waals surface area (Å²) in [5.74, 6) is -1.10. The number of aliphatic imine (C=N–C) groups is 1. The molecule has 10 heteroatoms. The van der Waals surface area contributed by atoms with Crippen molar-refractivity contribution in [3.05, 3.63) is 93.5 Å². The maximum atomic E-state index is 13.0. The molecule has 5 rings (SSSR count). The molecule has 4 aromatic rings. The Bertz CT molecular complexity index is 1530. The molecule has 1 aliphatic heterocycles. The third kappa shape index (κ3) is 4.63. The number of pyridine rings is 2. The molecule has 0 saturated carbocycles. The number of aromatic amines is 1. The number of rotatable bonds is 5. The number of amides is 1. The fourth-order valence-electron chi connectivity index (χ4n) is 3.99. The number of ether oxygens (including phenoxy) is 1. The number of nitrogens with one attached hydrogen (secondary N) is 2. The summed E-state index contributed by atoms with van der Waals surface area (Å²) in [5, 5.41) is 2.64. The van der Waals surface area contributed by atoms with Gasteiger partial charge >= 0.3 is 6.36 Å². The molecule has 2 N–H and O–H groups in total. The first-order chi connectivity index (χ1) is 16.8. The van der Waals surface area contributed by atoms with Crippen molar-refractivity contribution in [2.45, 2.75) is 19.5 Å². The molecule has 176 valence electrons. The van der Waals surface area contributed by atoms with Crippen LogP contribution in [0.2, 0.25) is 0 Å². The van der Waals surface area contributed by atoms with Crippen molar-refractivity contribution in [1.82, 2.24) is 15.3 Å². The fourth-order valence-corrected chi connectivity index (χ4v) is 3.99. The average Bonchev–Trinajstić information content (AvgIpc) is 3.31. The quantitative estimate of drug-likeness (QED) is 0.446. The molecule has 0 unspecified atom stereocenters. The number of halogens is 3. The second-order valence-electron chi connectivity index (χ2n) is 7.84. The van der Waals surface area contributed by atoms with Gasteiger partial charge in [-0.2, -0.15) is 0 Å². The number of benzene rings is 2. The highest BCUT2D eigenvalue weighted by Gasteiger charge is 2.32. The molecule has 0 spiro atoms. The Balaban J connectivity index is 1.64. The smallest absolute Gasteiger partial charge is 0.406 e. The molecule has 0 atom stereocenters. The topological polar surface area (TPSA) is 96.4 Å². The molecular weight excluding hydrogens is 461 g/mol. The third-order valence-corrected chi connectivity index (χ3v) is 5.52. The van der Waals surface area contributed by atoms with Crippen molar-refractivity contribution >= 4 is 23.0 Å². The van der Waals surface area contributed by atoms with Crippen LogP contribution in [0.15, 0.2) is 70.6 Å². The van der Waals surface area contributed by atoms with Crippen molar-refractivity contribution in [3.8, 4) is 16.9 Å². The van der Waals surface area contributed by atoms with Gasteiger partial charge in [0.1, 0.15) is 11.4 Å². The zero-order valence-electron chi connectivity index (χ0n) is 18.0. The van der Waals surface area contributed by atoms with Crippen LogP contribution in [-0.2, 0) is 13.1 Å². The van der Waals surface area contributed by atoms with Gasteiger partial charge in [-0.1, -0.05) is 24.3 Å². The first-order valence-corrected chi connectivity index (χ1v) is 10.6. The summed E-state index contributed by atoms with van der Waals surface area (Å²) in [6.45, 7) is 0.575. The lowest BCUT2D eigenvalue weighted by Crippen LogP contribution is -2.25.